The summed E-state index contributed by atoms with van der Waals surface area (Å²) in [6.07, 6.45) is 2.66. The summed E-state index contributed by atoms with van der Waals surface area (Å²) in [6.45, 7) is 11.1. The molecule has 0 N–H and O–H groups in total. The summed E-state index contributed by atoms with van der Waals surface area (Å²) >= 11 is 0. The molecular formula is C29H37N5O2. The predicted molar refractivity (Wildman–Crippen MR) is 144 cm³/mol. The normalized spacial score (nSPS) is 16.8. The SMILES string of the molecule is CCc1ccc(N2CN(CCCN3CCOCC3)Cn3c2nc(C)c(Cc2ccccc2)c3=O)cc1. The number of benzene rings is 2. The summed E-state index contributed by atoms with van der Waals surface area (Å²) in [6, 6.07) is 18.8. The Kier molecular flexibility index (Phi) is 7.80. The van der Waals surface area contributed by atoms with Crippen LogP contribution in [0.5, 0.6) is 0 Å². The lowest BCUT2D eigenvalue weighted by Gasteiger charge is -2.39. The third-order valence-corrected chi connectivity index (χ3v) is 7.31. The number of aromatic nitrogens is 2. The van der Waals surface area contributed by atoms with Gasteiger partial charge in [-0.3, -0.25) is 24.1 Å². The molecule has 1 fully saturated rings. The molecule has 0 bridgehead atoms. The first-order valence-electron chi connectivity index (χ1n) is 13.2. The third-order valence-electron chi connectivity index (χ3n) is 7.31. The maximum atomic E-state index is 13.8. The van der Waals surface area contributed by atoms with Crippen LogP contribution in [0.4, 0.5) is 11.6 Å². The molecule has 2 aliphatic rings. The van der Waals surface area contributed by atoms with Gasteiger partial charge in [0.25, 0.3) is 5.56 Å². The number of morpholine rings is 1. The van der Waals surface area contributed by atoms with E-state index in [1.54, 1.807) is 0 Å². The van der Waals surface area contributed by atoms with Crippen LogP contribution in [-0.2, 0) is 24.2 Å². The number of rotatable bonds is 8. The van der Waals surface area contributed by atoms with Crippen molar-refractivity contribution in [3.8, 4) is 0 Å². The van der Waals surface area contributed by atoms with Gasteiger partial charge in [-0.25, -0.2) is 4.98 Å². The van der Waals surface area contributed by atoms with Crippen LogP contribution in [0.2, 0.25) is 0 Å². The lowest BCUT2D eigenvalue weighted by molar-refractivity contribution is 0.0354. The van der Waals surface area contributed by atoms with Crippen molar-refractivity contribution in [2.45, 2.75) is 39.8 Å². The van der Waals surface area contributed by atoms with Crippen LogP contribution < -0.4 is 10.5 Å². The van der Waals surface area contributed by atoms with E-state index < -0.39 is 0 Å². The zero-order chi connectivity index (χ0) is 24.9. The Bertz CT molecular complexity index is 1200. The zero-order valence-electron chi connectivity index (χ0n) is 21.5. The van der Waals surface area contributed by atoms with Gasteiger partial charge in [0.1, 0.15) is 0 Å². The summed E-state index contributed by atoms with van der Waals surface area (Å²) in [5, 5.41) is 0. The maximum Gasteiger partial charge on any atom is 0.259 e. The molecule has 2 aliphatic heterocycles. The van der Waals surface area contributed by atoms with Gasteiger partial charge < -0.3 is 4.74 Å². The van der Waals surface area contributed by atoms with E-state index in [9.17, 15) is 4.79 Å². The largest absolute Gasteiger partial charge is 0.379 e. The highest BCUT2D eigenvalue weighted by Crippen LogP contribution is 2.28. The lowest BCUT2D eigenvalue weighted by atomic mass is 10.1. The molecule has 0 unspecified atom stereocenters. The van der Waals surface area contributed by atoms with Crippen molar-refractivity contribution in [1.29, 1.82) is 0 Å². The van der Waals surface area contributed by atoms with Gasteiger partial charge in [-0.05, 0) is 49.6 Å². The summed E-state index contributed by atoms with van der Waals surface area (Å²) in [5.74, 6) is 0.739. The fourth-order valence-electron chi connectivity index (χ4n) is 5.12. The quantitative estimate of drug-likeness (QED) is 0.482. The van der Waals surface area contributed by atoms with Crippen molar-refractivity contribution < 1.29 is 4.74 Å². The Morgan fingerprint density at radius 2 is 1.61 bits per heavy atom. The van der Waals surface area contributed by atoms with Crippen LogP contribution in [0, 0.1) is 6.92 Å². The van der Waals surface area contributed by atoms with E-state index in [1.807, 2.05) is 29.7 Å². The highest BCUT2D eigenvalue weighted by molar-refractivity contribution is 5.59. The van der Waals surface area contributed by atoms with Crippen LogP contribution in [0.1, 0.15) is 35.7 Å². The number of hydrogen-bond acceptors (Lipinski definition) is 6. The van der Waals surface area contributed by atoms with Crippen molar-refractivity contribution in [2.24, 2.45) is 0 Å². The van der Waals surface area contributed by atoms with Crippen LogP contribution in [0.3, 0.4) is 0 Å². The number of fused-ring (bicyclic) bond motifs is 1. The van der Waals surface area contributed by atoms with E-state index in [4.69, 9.17) is 9.72 Å². The number of hydrogen-bond donors (Lipinski definition) is 0. The minimum Gasteiger partial charge on any atom is -0.379 e. The van der Waals surface area contributed by atoms with Gasteiger partial charge in [0.05, 0.1) is 32.2 Å². The van der Waals surface area contributed by atoms with Crippen LogP contribution >= 0.6 is 0 Å². The molecule has 5 rings (SSSR count). The van der Waals surface area contributed by atoms with Gasteiger partial charge in [-0.2, -0.15) is 0 Å². The summed E-state index contributed by atoms with van der Waals surface area (Å²) in [4.78, 5) is 25.9. The van der Waals surface area contributed by atoms with E-state index in [-0.39, 0.29) is 5.56 Å². The van der Waals surface area contributed by atoms with Gasteiger partial charge in [-0.1, -0.05) is 49.4 Å². The Morgan fingerprint density at radius 3 is 2.33 bits per heavy atom. The smallest absolute Gasteiger partial charge is 0.259 e. The molecule has 0 radical (unpaired) electrons. The highest BCUT2D eigenvalue weighted by Gasteiger charge is 2.28. The summed E-state index contributed by atoms with van der Waals surface area (Å²) in [5.41, 5.74) is 5.16. The number of ether oxygens (including phenoxy) is 1. The Hall–Kier alpha value is -3.00. The van der Waals surface area contributed by atoms with E-state index in [0.29, 0.717) is 13.1 Å². The molecule has 36 heavy (non-hydrogen) atoms. The third kappa shape index (κ3) is 5.53. The van der Waals surface area contributed by atoms with Gasteiger partial charge in [0.2, 0.25) is 5.95 Å². The molecule has 1 aromatic heterocycles. The molecular weight excluding hydrogens is 450 g/mol. The van der Waals surface area contributed by atoms with E-state index in [1.165, 1.54) is 5.56 Å². The second-order valence-corrected chi connectivity index (χ2v) is 9.80. The second-order valence-electron chi connectivity index (χ2n) is 9.80. The predicted octanol–water partition coefficient (Wildman–Crippen LogP) is 3.80. The van der Waals surface area contributed by atoms with Crippen molar-refractivity contribution in [3.63, 3.8) is 0 Å². The van der Waals surface area contributed by atoms with E-state index in [2.05, 4.69) is 58.0 Å². The highest BCUT2D eigenvalue weighted by atomic mass is 16.5. The molecule has 7 heteroatoms. The molecule has 0 aliphatic carbocycles. The second kappa shape index (κ2) is 11.4. The standard InChI is InChI=1S/C29H37N5O2/c1-3-24-10-12-26(13-11-24)33-21-32(15-7-14-31-16-18-36-19-17-31)22-34-28(35)27(23(2)30-29(33)34)20-25-8-5-4-6-9-25/h4-6,8-13H,3,7,14-22H2,1-2H3. The fraction of sp³-hybridized carbons (Fsp3) is 0.448. The number of nitrogens with zero attached hydrogens (tertiary/aromatic N) is 5. The molecule has 0 saturated carbocycles. The molecule has 3 heterocycles. The van der Waals surface area contributed by atoms with Crippen molar-refractivity contribution in [3.05, 3.63) is 87.3 Å². The molecule has 3 aromatic rings. The van der Waals surface area contributed by atoms with Crippen molar-refractivity contribution in [1.82, 2.24) is 19.4 Å². The van der Waals surface area contributed by atoms with Crippen LogP contribution in [0.25, 0.3) is 0 Å². The first-order valence-corrected chi connectivity index (χ1v) is 13.2. The van der Waals surface area contributed by atoms with Crippen molar-refractivity contribution >= 4 is 11.6 Å². The van der Waals surface area contributed by atoms with Crippen LogP contribution in [-0.4, -0.2) is 65.4 Å². The molecule has 0 spiro atoms. The van der Waals surface area contributed by atoms with Gasteiger partial charge >= 0.3 is 0 Å². The molecule has 7 nitrogen and oxygen atoms in total. The topological polar surface area (TPSA) is 53.8 Å². The average Bonchev–Trinajstić information content (AvgIpc) is 2.92. The van der Waals surface area contributed by atoms with Gasteiger partial charge in [0.15, 0.2) is 0 Å². The average molecular weight is 488 g/mol. The zero-order valence-corrected chi connectivity index (χ0v) is 21.5. The molecule has 2 aromatic carbocycles. The molecule has 1 saturated heterocycles. The minimum absolute atomic E-state index is 0.0643. The lowest BCUT2D eigenvalue weighted by Crippen LogP contribution is -2.48. The first kappa shape index (κ1) is 24.7. The minimum atomic E-state index is 0.0643. The molecule has 190 valence electrons. The molecule has 0 amide bonds. The summed E-state index contributed by atoms with van der Waals surface area (Å²) in [7, 11) is 0. The van der Waals surface area contributed by atoms with Gasteiger partial charge in [0, 0.05) is 37.3 Å². The maximum absolute atomic E-state index is 13.8. The van der Waals surface area contributed by atoms with Gasteiger partial charge in [-0.15, -0.1) is 0 Å². The monoisotopic (exact) mass is 487 g/mol. The Balaban J connectivity index is 1.43. The van der Waals surface area contributed by atoms with E-state index in [0.717, 1.165) is 87.4 Å². The Morgan fingerprint density at radius 1 is 0.889 bits per heavy atom. The number of anilines is 2. The fourth-order valence-corrected chi connectivity index (χ4v) is 5.12. The Labute approximate surface area is 213 Å². The first-order chi connectivity index (χ1) is 17.6. The molecule has 0 atom stereocenters. The number of aryl methyl sites for hydroxylation is 2. The summed E-state index contributed by atoms with van der Waals surface area (Å²) < 4.78 is 7.36. The van der Waals surface area contributed by atoms with E-state index >= 15 is 0 Å². The van der Waals surface area contributed by atoms with Crippen LogP contribution in [0.15, 0.2) is 59.4 Å². The van der Waals surface area contributed by atoms with Crippen molar-refractivity contribution in [2.75, 3.05) is 51.0 Å².